The lowest BCUT2D eigenvalue weighted by Crippen LogP contribution is -2.07. The van der Waals surface area contributed by atoms with Crippen molar-refractivity contribution in [3.05, 3.63) is 59.4 Å². The molecule has 3 nitrogen and oxygen atoms in total. The second kappa shape index (κ2) is 6.63. The van der Waals surface area contributed by atoms with Crippen LogP contribution in [0.3, 0.4) is 0 Å². The molecule has 2 aromatic rings. The second-order valence-corrected chi connectivity index (χ2v) is 4.99. The number of pyridine rings is 1. The van der Waals surface area contributed by atoms with Gasteiger partial charge < -0.3 is 9.84 Å². The van der Waals surface area contributed by atoms with Crippen LogP contribution >= 0.6 is 0 Å². The van der Waals surface area contributed by atoms with E-state index >= 15 is 0 Å². The number of alkyl halides is 2. The zero-order chi connectivity index (χ0) is 15.4. The summed E-state index contributed by atoms with van der Waals surface area (Å²) in [5.74, 6) is 0.561. The van der Waals surface area contributed by atoms with Gasteiger partial charge in [-0.05, 0) is 25.5 Å². The van der Waals surface area contributed by atoms with Gasteiger partial charge in [0.05, 0.1) is 12.3 Å². The Morgan fingerprint density at radius 2 is 1.62 bits per heavy atom. The Kier molecular flexibility index (Phi) is 4.85. The Hall–Kier alpha value is -2.01. The van der Waals surface area contributed by atoms with Crippen LogP contribution in [-0.2, 0) is 0 Å². The van der Waals surface area contributed by atoms with Gasteiger partial charge in [0.15, 0.2) is 0 Å². The summed E-state index contributed by atoms with van der Waals surface area (Å²) in [7, 11) is 0. The molecule has 1 heterocycles. The first-order valence-corrected chi connectivity index (χ1v) is 6.65. The van der Waals surface area contributed by atoms with Crippen molar-refractivity contribution in [1.29, 1.82) is 0 Å². The highest BCUT2D eigenvalue weighted by Crippen LogP contribution is 2.26. The van der Waals surface area contributed by atoms with Crippen molar-refractivity contribution in [3.63, 3.8) is 0 Å². The standard InChI is InChI=1S/C16H17F2NO2/c1-10(2)21-14-7-13(8-19-9-14)15(20)11-3-5-12(6-4-11)16(17)18/h3-10,15-16,20H,1-2H3. The van der Waals surface area contributed by atoms with Gasteiger partial charge in [-0.2, -0.15) is 0 Å². The van der Waals surface area contributed by atoms with Crippen LogP contribution in [0.25, 0.3) is 0 Å². The van der Waals surface area contributed by atoms with E-state index in [1.54, 1.807) is 12.3 Å². The maximum Gasteiger partial charge on any atom is 0.263 e. The van der Waals surface area contributed by atoms with Crippen molar-refractivity contribution >= 4 is 0 Å². The fraction of sp³-hybridized carbons (Fsp3) is 0.312. The van der Waals surface area contributed by atoms with Crippen LogP contribution in [-0.4, -0.2) is 16.2 Å². The largest absolute Gasteiger partial charge is 0.489 e. The van der Waals surface area contributed by atoms with E-state index < -0.39 is 12.5 Å². The quantitative estimate of drug-likeness (QED) is 0.909. The molecule has 0 aliphatic rings. The highest BCUT2D eigenvalue weighted by molar-refractivity contribution is 5.34. The SMILES string of the molecule is CC(C)Oc1cncc(C(O)c2ccc(C(F)F)cc2)c1. The monoisotopic (exact) mass is 293 g/mol. The van der Waals surface area contributed by atoms with Crippen LogP contribution in [0.5, 0.6) is 5.75 Å². The first-order valence-electron chi connectivity index (χ1n) is 6.65. The normalized spacial score (nSPS) is 12.7. The summed E-state index contributed by atoms with van der Waals surface area (Å²) in [6.07, 6.45) is -0.347. The van der Waals surface area contributed by atoms with Gasteiger partial charge in [-0.15, -0.1) is 0 Å². The molecule has 1 N–H and O–H groups in total. The van der Waals surface area contributed by atoms with Crippen LogP contribution in [0, 0.1) is 0 Å². The van der Waals surface area contributed by atoms with Crippen molar-refractivity contribution in [1.82, 2.24) is 4.98 Å². The van der Waals surface area contributed by atoms with E-state index in [0.29, 0.717) is 16.9 Å². The van der Waals surface area contributed by atoms with Crippen LogP contribution in [0.1, 0.15) is 43.1 Å². The van der Waals surface area contributed by atoms with Crippen LogP contribution < -0.4 is 4.74 Å². The highest BCUT2D eigenvalue weighted by atomic mass is 19.3. The summed E-state index contributed by atoms with van der Waals surface area (Å²) in [4.78, 5) is 4.03. The first kappa shape index (κ1) is 15.4. The lowest BCUT2D eigenvalue weighted by atomic mass is 10.0. The van der Waals surface area contributed by atoms with E-state index in [0.717, 1.165) is 0 Å². The van der Waals surface area contributed by atoms with E-state index in [1.807, 2.05) is 13.8 Å². The average Bonchev–Trinajstić information content (AvgIpc) is 2.46. The van der Waals surface area contributed by atoms with Gasteiger partial charge >= 0.3 is 0 Å². The maximum absolute atomic E-state index is 12.5. The van der Waals surface area contributed by atoms with Crippen molar-refractivity contribution < 1.29 is 18.6 Å². The molecule has 0 aliphatic heterocycles. The molecule has 5 heteroatoms. The predicted molar refractivity (Wildman–Crippen MR) is 75.5 cm³/mol. The summed E-state index contributed by atoms with van der Waals surface area (Å²) >= 11 is 0. The predicted octanol–water partition coefficient (Wildman–Crippen LogP) is 3.89. The number of nitrogens with zero attached hydrogens (tertiary/aromatic N) is 1. The Balaban J connectivity index is 2.20. The summed E-state index contributed by atoms with van der Waals surface area (Å²) in [5.41, 5.74) is 1.02. The Morgan fingerprint density at radius 1 is 1.00 bits per heavy atom. The van der Waals surface area contributed by atoms with Gasteiger partial charge in [-0.3, -0.25) is 4.98 Å². The molecular weight excluding hydrogens is 276 g/mol. The van der Waals surface area contributed by atoms with E-state index in [2.05, 4.69) is 4.98 Å². The Morgan fingerprint density at radius 3 is 2.19 bits per heavy atom. The highest BCUT2D eigenvalue weighted by Gasteiger charge is 2.14. The molecule has 0 spiro atoms. The van der Waals surface area contributed by atoms with Crippen molar-refractivity contribution in [3.8, 4) is 5.75 Å². The van der Waals surface area contributed by atoms with Gasteiger partial charge in [0, 0.05) is 17.3 Å². The number of ether oxygens (including phenoxy) is 1. The number of hydrogen-bond donors (Lipinski definition) is 1. The van der Waals surface area contributed by atoms with Crippen molar-refractivity contribution in [2.45, 2.75) is 32.5 Å². The van der Waals surface area contributed by atoms with E-state index in [-0.39, 0.29) is 11.7 Å². The van der Waals surface area contributed by atoms with E-state index in [9.17, 15) is 13.9 Å². The van der Waals surface area contributed by atoms with Gasteiger partial charge in [-0.25, -0.2) is 8.78 Å². The molecule has 0 saturated carbocycles. The molecule has 2 rings (SSSR count). The molecule has 1 atom stereocenters. The number of benzene rings is 1. The fourth-order valence-corrected chi connectivity index (χ4v) is 1.94. The average molecular weight is 293 g/mol. The summed E-state index contributed by atoms with van der Waals surface area (Å²) in [6, 6.07) is 7.29. The molecule has 1 aromatic heterocycles. The first-order chi connectivity index (χ1) is 9.97. The molecule has 1 aromatic carbocycles. The third kappa shape index (κ3) is 3.98. The molecule has 21 heavy (non-hydrogen) atoms. The molecule has 0 aliphatic carbocycles. The molecule has 112 valence electrons. The number of halogens is 2. The van der Waals surface area contributed by atoms with Crippen LogP contribution in [0.2, 0.25) is 0 Å². The molecule has 0 radical (unpaired) electrons. The summed E-state index contributed by atoms with van der Waals surface area (Å²) in [6.45, 7) is 3.79. The minimum absolute atomic E-state index is 0.00418. The zero-order valence-corrected chi connectivity index (χ0v) is 11.8. The second-order valence-electron chi connectivity index (χ2n) is 4.99. The van der Waals surface area contributed by atoms with Crippen LogP contribution in [0.4, 0.5) is 8.78 Å². The van der Waals surface area contributed by atoms with Crippen LogP contribution in [0.15, 0.2) is 42.7 Å². The topological polar surface area (TPSA) is 42.4 Å². The van der Waals surface area contributed by atoms with Crippen molar-refractivity contribution in [2.75, 3.05) is 0 Å². The number of rotatable bonds is 5. The molecule has 0 fully saturated rings. The lowest BCUT2D eigenvalue weighted by Gasteiger charge is -2.14. The third-order valence-corrected chi connectivity index (χ3v) is 2.93. The van der Waals surface area contributed by atoms with Gasteiger partial charge in [-0.1, -0.05) is 24.3 Å². The van der Waals surface area contributed by atoms with Gasteiger partial charge in [0.25, 0.3) is 6.43 Å². The fourth-order valence-electron chi connectivity index (χ4n) is 1.94. The third-order valence-electron chi connectivity index (χ3n) is 2.93. The minimum Gasteiger partial charge on any atom is -0.489 e. The van der Waals surface area contributed by atoms with E-state index in [1.165, 1.54) is 30.5 Å². The Labute approximate surface area is 122 Å². The van der Waals surface area contributed by atoms with Crippen molar-refractivity contribution in [2.24, 2.45) is 0 Å². The lowest BCUT2D eigenvalue weighted by molar-refractivity contribution is 0.151. The van der Waals surface area contributed by atoms with Gasteiger partial charge in [0.1, 0.15) is 11.9 Å². The smallest absolute Gasteiger partial charge is 0.263 e. The maximum atomic E-state index is 12.5. The zero-order valence-electron chi connectivity index (χ0n) is 11.8. The molecule has 0 saturated heterocycles. The summed E-state index contributed by atoms with van der Waals surface area (Å²) < 4.78 is 30.5. The van der Waals surface area contributed by atoms with E-state index in [4.69, 9.17) is 4.74 Å². The van der Waals surface area contributed by atoms with Gasteiger partial charge in [0.2, 0.25) is 0 Å². The Bertz CT molecular complexity index is 585. The molecular formula is C16H17F2NO2. The molecule has 0 bridgehead atoms. The number of hydrogen-bond acceptors (Lipinski definition) is 3. The number of aliphatic hydroxyl groups is 1. The summed E-state index contributed by atoms with van der Waals surface area (Å²) in [5, 5.41) is 10.3. The molecule has 0 amide bonds. The molecule has 1 unspecified atom stereocenters. The number of aliphatic hydroxyl groups excluding tert-OH is 1. The number of aromatic nitrogens is 1. The minimum atomic E-state index is -2.51.